The molecule has 24 heavy (non-hydrogen) atoms. The average molecular weight is 338 g/mol. The smallest absolute Gasteiger partial charge is 0.338 e. The highest BCUT2D eigenvalue weighted by molar-refractivity contribution is 5.95. The Kier molecular flexibility index (Phi) is 9.04. The molecule has 0 saturated carbocycles. The van der Waals surface area contributed by atoms with Crippen LogP contribution in [0.4, 0.5) is 0 Å². The van der Waals surface area contributed by atoms with Crippen LogP contribution in [0.15, 0.2) is 18.2 Å². The molecule has 0 bridgehead atoms. The first-order valence-corrected chi connectivity index (χ1v) is 8.32. The van der Waals surface area contributed by atoms with Gasteiger partial charge in [0.25, 0.3) is 0 Å². The lowest BCUT2D eigenvalue weighted by molar-refractivity contribution is -0.102. The molecule has 0 aliphatic heterocycles. The fraction of sp³-hybridized carbons (Fsp3) is 0.556. The third-order valence-electron chi connectivity index (χ3n) is 3.07. The van der Waals surface area contributed by atoms with E-state index in [-0.39, 0.29) is 24.3 Å². The number of rotatable bonds is 10. The monoisotopic (exact) mass is 338 g/mol. The van der Waals surface area contributed by atoms with Crippen LogP contribution < -0.4 is 0 Å². The summed E-state index contributed by atoms with van der Waals surface area (Å²) in [6.07, 6.45) is 0.903. The van der Waals surface area contributed by atoms with Crippen LogP contribution >= 0.6 is 0 Å². The highest BCUT2D eigenvalue weighted by Crippen LogP contribution is 2.20. The van der Waals surface area contributed by atoms with E-state index < -0.39 is 18.2 Å². The van der Waals surface area contributed by atoms with Gasteiger partial charge in [0.15, 0.2) is 6.29 Å². The van der Waals surface area contributed by atoms with E-state index in [4.69, 9.17) is 14.2 Å². The molecule has 0 aromatic heterocycles. The Balaban J connectivity index is 3.08. The molecule has 0 amide bonds. The van der Waals surface area contributed by atoms with Crippen LogP contribution in [0.2, 0.25) is 0 Å². The van der Waals surface area contributed by atoms with Crippen molar-refractivity contribution in [1.29, 1.82) is 0 Å². The minimum atomic E-state index is -1.22. The molecule has 1 rings (SSSR count). The van der Waals surface area contributed by atoms with Gasteiger partial charge in [-0.1, -0.05) is 20.8 Å². The van der Waals surface area contributed by atoms with Gasteiger partial charge in [-0.25, -0.2) is 9.59 Å². The van der Waals surface area contributed by atoms with Crippen molar-refractivity contribution in [3.05, 3.63) is 34.9 Å². The number of benzene rings is 1. The maximum atomic E-state index is 12.1. The molecule has 0 aliphatic rings. The van der Waals surface area contributed by atoms with Crippen molar-refractivity contribution in [2.45, 2.75) is 46.3 Å². The number of aliphatic hydroxyl groups is 1. The lowest BCUT2D eigenvalue weighted by atomic mass is 10.0. The fourth-order valence-electron chi connectivity index (χ4n) is 1.91. The summed E-state index contributed by atoms with van der Waals surface area (Å²) in [5.41, 5.74) is 0.685. The summed E-state index contributed by atoms with van der Waals surface area (Å²) >= 11 is 0. The number of ether oxygens (including phenoxy) is 3. The van der Waals surface area contributed by atoms with Crippen LogP contribution in [0.1, 0.15) is 72.6 Å². The van der Waals surface area contributed by atoms with Gasteiger partial charge in [0, 0.05) is 12.2 Å². The maximum absolute atomic E-state index is 12.1. The Labute approximate surface area is 142 Å². The zero-order valence-corrected chi connectivity index (χ0v) is 14.5. The predicted molar refractivity (Wildman–Crippen MR) is 88.8 cm³/mol. The molecule has 6 nitrogen and oxygen atoms in total. The molecule has 1 atom stereocenters. The van der Waals surface area contributed by atoms with Gasteiger partial charge in [-0.05, 0) is 37.5 Å². The molecule has 134 valence electrons. The number of carbonyl (C=O) groups is 2. The van der Waals surface area contributed by atoms with E-state index in [0.717, 1.165) is 6.42 Å². The van der Waals surface area contributed by atoms with Crippen LogP contribution in [0.5, 0.6) is 0 Å². The minimum absolute atomic E-state index is 0.184. The van der Waals surface area contributed by atoms with Gasteiger partial charge in [0.2, 0.25) is 0 Å². The van der Waals surface area contributed by atoms with Crippen molar-refractivity contribution in [3.8, 4) is 0 Å². The summed E-state index contributed by atoms with van der Waals surface area (Å²) in [7, 11) is 0. The van der Waals surface area contributed by atoms with Crippen molar-refractivity contribution < 1.29 is 28.9 Å². The summed E-state index contributed by atoms with van der Waals surface area (Å²) in [4.78, 5) is 24.2. The molecule has 0 saturated heterocycles. The molecular weight excluding hydrogens is 312 g/mol. The lowest BCUT2D eigenvalue weighted by Gasteiger charge is -2.14. The van der Waals surface area contributed by atoms with Crippen LogP contribution in [0.25, 0.3) is 0 Å². The number of aliphatic hydroxyl groups excluding tert-OH is 1. The van der Waals surface area contributed by atoms with Gasteiger partial charge in [-0.15, -0.1) is 0 Å². The second-order valence-electron chi connectivity index (χ2n) is 5.34. The number of hydrogen-bond donors (Lipinski definition) is 1. The summed E-state index contributed by atoms with van der Waals surface area (Å²) in [5.74, 6) is -1.10. The third kappa shape index (κ3) is 6.29. The van der Waals surface area contributed by atoms with Crippen molar-refractivity contribution in [2.75, 3.05) is 19.8 Å². The summed E-state index contributed by atoms with van der Waals surface area (Å²) < 4.78 is 15.5. The summed E-state index contributed by atoms with van der Waals surface area (Å²) in [5, 5.41) is 10.1. The van der Waals surface area contributed by atoms with E-state index in [9.17, 15) is 14.7 Å². The maximum Gasteiger partial charge on any atom is 0.338 e. The zero-order chi connectivity index (χ0) is 17.9. The normalized spacial score (nSPS) is 11.8. The first kappa shape index (κ1) is 20.1. The molecule has 6 heteroatoms. The average Bonchev–Trinajstić information content (AvgIpc) is 2.61. The topological polar surface area (TPSA) is 82.1 Å². The SMILES string of the molecule is CCCOC(=O)c1cc(C(=O)OCCC)cc(C(O)OCCC)c1. The molecule has 0 spiro atoms. The second-order valence-corrected chi connectivity index (χ2v) is 5.34. The van der Waals surface area contributed by atoms with Gasteiger partial charge in [0.1, 0.15) is 0 Å². The summed E-state index contributed by atoms with van der Waals surface area (Å²) in [6, 6.07) is 4.34. The van der Waals surface area contributed by atoms with E-state index in [0.29, 0.717) is 25.0 Å². The van der Waals surface area contributed by atoms with Crippen LogP contribution in [-0.4, -0.2) is 36.9 Å². The first-order chi connectivity index (χ1) is 11.5. The van der Waals surface area contributed by atoms with Crippen molar-refractivity contribution >= 4 is 11.9 Å². The summed E-state index contributed by atoms with van der Waals surface area (Å²) in [6.45, 7) is 6.63. The van der Waals surface area contributed by atoms with E-state index in [1.807, 2.05) is 20.8 Å². The number of hydrogen-bond acceptors (Lipinski definition) is 6. The van der Waals surface area contributed by atoms with Crippen molar-refractivity contribution in [1.82, 2.24) is 0 Å². The fourth-order valence-corrected chi connectivity index (χ4v) is 1.91. The molecule has 0 aliphatic carbocycles. The first-order valence-electron chi connectivity index (χ1n) is 8.32. The van der Waals surface area contributed by atoms with Gasteiger partial charge >= 0.3 is 11.9 Å². The molecule has 0 radical (unpaired) electrons. The highest BCUT2D eigenvalue weighted by atomic mass is 16.6. The van der Waals surface area contributed by atoms with Crippen molar-refractivity contribution in [3.63, 3.8) is 0 Å². The van der Waals surface area contributed by atoms with E-state index in [1.54, 1.807) is 0 Å². The van der Waals surface area contributed by atoms with Crippen LogP contribution in [0, 0.1) is 0 Å². The van der Waals surface area contributed by atoms with E-state index >= 15 is 0 Å². The largest absolute Gasteiger partial charge is 0.462 e. The molecule has 0 heterocycles. The Morgan fingerprint density at radius 3 is 1.75 bits per heavy atom. The lowest BCUT2D eigenvalue weighted by Crippen LogP contribution is -2.13. The van der Waals surface area contributed by atoms with Gasteiger partial charge < -0.3 is 19.3 Å². The standard InChI is InChI=1S/C18H26O6/c1-4-7-22-16(19)13-10-14(17(20)23-8-5-2)12-15(11-13)18(21)24-9-6-3/h10-12,16,19H,4-9H2,1-3H3. The van der Waals surface area contributed by atoms with Gasteiger partial charge in [0.05, 0.1) is 24.3 Å². The van der Waals surface area contributed by atoms with Crippen LogP contribution in [-0.2, 0) is 14.2 Å². The zero-order valence-electron chi connectivity index (χ0n) is 14.5. The van der Waals surface area contributed by atoms with Crippen LogP contribution in [0.3, 0.4) is 0 Å². The molecule has 1 unspecified atom stereocenters. The van der Waals surface area contributed by atoms with Gasteiger partial charge in [-0.3, -0.25) is 0 Å². The molecule has 1 aromatic rings. The van der Waals surface area contributed by atoms with E-state index in [1.165, 1.54) is 18.2 Å². The number of esters is 2. The Morgan fingerprint density at radius 2 is 1.33 bits per heavy atom. The number of carbonyl (C=O) groups excluding carboxylic acids is 2. The Hall–Kier alpha value is -1.92. The minimum Gasteiger partial charge on any atom is -0.462 e. The molecular formula is C18H26O6. The third-order valence-corrected chi connectivity index (χ3v) is 3.07. The quantitative estimate of drug-likeness (QED) is 0.521. The Morgan fingerprint density at radius 1 is 0.875 bits per heavy atom. The second kappa shape index (κ2) is 10.8. The highest BCUT2D eigenvalue weighted by Gasteiger charge is 2.18. The predicted octanol–water partition coefficient (Wildman–Crippen LogP) is 3.24. The molecule has 1 aromatic carbocycles. The van der Waals surface area contributed by atoms with Crippen molar-refractivity contribution in [2.24, 2.45) is 0 Å². The molecule has 1 N–H and O–H groups in total. The van der Waals surface area contributed by atoms with E-state index in [2.05, 4.69) is 0 Å². The molecule has 0 fully saturated rings. The van der Waals surface area contributed by atoms with Gasteiger partial charge in [-0.2, -0.15) is 0 Å². The Bertz CT molecular complexity index is 502.